The average Bonchev–Trinajstić information content (AvgIpc) is 2.86. The molecule has 1 N–H and O–H groups in total. The first-order chi connectivity index (χ1) is 8.36. The molecule has 2 heterocycles. The lowest BCUT2D eigenvalue weighted by molar-refractivity contribution is 0.282. The summed E-state index contributed by atoms with van der Waals surface area (Å²) in [7, 11) is 0. The van der Waals surface area contributed by atoms with Gasteiger partial charge in [-0.15, -0.1) is 0 Å². The first-order valence-corrected chi connectivity index (χ1v) is 5.51. The number of aliphatic hydroxyl groups is 1. The van der Waals surface area contributed by atoms with Crippen molar-refractivity contribution in [2.75, 3.05) is 0 Å². The molecule has 1 aromatic carbocycles. The number of aliphatic hydroxyl groups excluding tert-OH is 1. The lowest BCUT2D eigenvalue weighted by atomic mass is 10.1. The van der Waals surface area contributed by atoms with Crippen molar-refractivity contribution >= 4 is 5.65 Å². The summed E-state index contributed by atoms with van der Waals surface area (Å²) in [5, 5.41) is 8.99. The van der Waals surface area contributed by atoms with Crippen LogP contribution in [0.3, 0.4) is 0 Å². The van der Waals surface area contributed by atoms with E-state index in [1.54, 1.807) is 0 Å². The Bertz CT molecular complexity index is 641. The average molecular weight is 224 g/mol. The van der Waals surface area contributed by atoms with Crippen LogP contribution in [0.4, 0.5) is 0 Å². The van der Waals surface area contributed by atoms with Gasteiger partial charge in [0.15, 0.2) is 0 Å². The van der Waals surface area contributed by atoms with E-state index in [0.717, 1.165) is 22.5 Å². The quantitative estimate of drug-likeness (QED) is 0.726. The molecule has 0 fully saturated rings. The predicted molar refractivity (Wildman–Crippen MR) is 66.6 cm³/mol. The lowest BCUT2D eigenvalue weighted by Crippen LogP contribution is -1.89. The van der Waals surface area contributed by atoms with Gasteiger partial charge in [-0.3, -0.25) is 0 Å². The summed E-state index contributed by atoms with van der Waals surface area (Å²) in [5.41, 5.74) is 3.86. The molecule has 0 bridgehead atoms. The van der Waals surface area contributed by atoms with Gasteiger partial charge in [0.05, 0.1) is 12.3 Å². The molecule has 2 aromatic heterocycles. The largest absolute Gasteiger partial charge is 0.392 e. The third-order valence-corrected chi connectivity index (χ3v) is 2.82. The van der Waals surface area contributed by atoms with Crippen molar-refractivity contribution in [1.82, 2.24) is 9.38 Å². The first-order valence-electron chi connectivity index (χ1n) is 5.51. The van der Waals surface area contributed by atoms with Crippen molar-refractivity contribution in [2.45, 2.75) is 6.61 Å². The van der Waals surface area contributed by atoms with Crippen molar-refractivity contribution in [3.63, 3.8) is 0 Å². The van der Waals surface area contributed by atoms with Gasteiger partial charge in [-0.1, -0.05) is 24.3 Å². The molecule has 3 aromatic rings. The Kier molecular flexibility index (Phi) is 2.38. The summed E-state index contributed by atoms with van der Waals surface area (Å²) < 4.78 is 1.98. The van der Waals surface area contributed by atoms with Crippen molar-refractivity contribution in [3.8, 4) is 11.3 Å². The van der Waals surface area contributed by atoms with Gasteiger partial charge in [0.1, 0.15) is 5.65 Å². The second-order valence-electron chi connectivity index (χ2n) is 3.94. The highest BCUT2D eigenvalue weighted by Gasteiger charge is 2.01. The van der Waals surface area contributed by atoms with Crippen LogP contribution in [-0.4, -0.2) is 14.5 Å². The Morgan fingerprint density at radius 1 is 1.00 bits per heavy atom. The molecule has 0 aliphatic heterocycles. The van der Waals surface area contributed by atoms with Gasteiger partial charge >= 0.3 is 0 Å². The number of rotatable bonds is 2. The smallest absolute Gasteiger partial charge is 0.137 e. The van der Waals surface area contributed by atoms with E-state index in [-0.39, 0.29) is 6.61 Å². The van der Waals surface area contributed by atoms with E-state index >= 15 is 0 Å². The van der Waals surface area contributed by atoms with Gasteiger partial charge in [-0.2, -0.15) is 0 Å². The van der Waals surface area contributed by atoms with Crippen LogP contribution in [0.5, 0.6) is 0 Å². The third-order valence-electron chi connectivity index (χ3n) is 2.82. The molecule has 0 amide bonds. The van der Waals surface area contributed by atoms with Gasteiger partial charge in [-0.25, -0.2) is 4.98 Å². The zero-order chi connectivity index (χ0) is 11.7. The number of aromatic nitrogens is 2. The number of hydrogen-bond acceptors (Lipinski definition) is 2. The van der Waals surface area contributed by atoms with Crippen LogP contribution < -0.4 is 0 Å². The summed E-state index contributed by atoms with van der Waals surface area (Å²) in [6.07, 6.45) is 3.97. The van der Waals surface area contributed by atoms with Crippen molar-refractivity contribution in [2.24, 2.45) is 0 Å². The maximum absolute atomic E-state index is 8.99. The molecular formula is C14H12N2O. The number of benzene rings is 1. The number of nitrogens with zero attached hydrogens (tertiary/aromatic N) is 2. The van der Waals surface area contributed by atoms with E-state index in [1.807, 2.05) is 59.3 Å². The molecule has 0 radical (unpaired) electrons. The fourth-order valence-corrected chi connectivity index (χ4v) is 1.86. The summed E-state index contributed by atoms with van der Waals surface area (Å²) in [6, 6.07) is 13.7. The van der Waals surface area contributed by atoms with E-state index in [0.29, 0.717) is 0 Å². The Balaban J connectivity index is 2.06. The van der Waals surface area contributed by atoms with Crippen LogP contribution >= 0.6 is 0 Å². The highest BCUT2D eigenvalue weighted by molar-refractivity contribution is 5.61. The van der Waals surface area contributed by atoms with Crippen molar-refractivity contribution < 1.29 is 5.11 Å². The molecule has 3 nitrogen and oxygen atoms in total. The third kappa shape index (κ3) is 1.81. The van der Waals surface area contributed by atoms with E-state index in [9.17, 15) is 0 Å². The van der Waals surface area contributed by atoms with Crippen LogP contribution in [0.2, 0.25) is 0 Å². The maximum atomic E-state index is 8.99. The Hall–Kier alpha value is -2.13. The van der Waals surface area contributed by atoms with E-state index < -0.39 is 0 Å². The molecular weight excluding hydrogens is 212 g/mol. The minimum atomic E-state index is 0.0748. The van der Waals surface area contributed by atoms with Crippen molar-refractivity contribution in [3.05, 3.63) is 60.4 Å². The van der Waals surface area contributed by atoms with E-state index in [4.69, 9.17) is 5.11 Å². The van der Waals surface area contributed by atoms with Gasteiger partial charge in [-0.05, 0) is 23.8 Å². The van der Waals surface area contributed by atoms with Crippen LogP contribution in [0.1, 0.15) is 5.56 Å². The maximum Gasteiger partial charge on any atom is 0.137 e. The number of fused-ring (bicyclic) bond motifs is 1. The molecule has 17 heavy (non-hydrogen) atoms. The zero-order valence-electron chi connectivity index (χ0n) is 9.24. The van der Waals surface area contributed by atoms with Crippen LogP contribution in [0.15, 0.2) is 54.9 Å². The Labute approximate surface area is 99.0 Å². The van der Waals surface area contributed by atoms with Crippen LogP contribution in [0.25, 0.3) is 16.9 Å². The van der Waals surface area contributed by atoms with Gasteiger partial charge < -0.3 is 9.51 Å². The molecule has 0 spiro atoms. The highest BCUT2D eigenvalue weighted by atomic mass is 16.3. The number of hydrogen-bond donors (Lipinski definition) is 1. The standard InChI is InChI=1S/C14H12N2O/c17-10-11-3-5-12(6-4-11)13-7-9-16-8-1-2-14(16)15-13/h1-9,17H,10H2. The minimum absolute atomic E-state index is 0.0748. The normalized spacial score (nSPS) is 10.9. The minimum Gasteiger partial charge on any atom is -0.392 e. The van der Waals surface area contributed by atoms with Crippen LogP contribution in [-0.2, 0) is 6.61 Å². The zero-order valence-corrected chi connectivity index (χ0v) is 9.24. The monoisotopic (exact) mass is 224 g/mol. The SMILES string of the molecule is OCc1ccc(-c2ccn3cccc3n2)cc1. The predicted octanol–water partition coefficient (Wildman–Crippen LogP) is 2.49. The molecule has 3 rings (SSSR count). The molecule has 84 valence electrons. The molecule has 0 aliphatic rings. The molecule has 0 saturated heterocycles. The van der Waals surface area contributed by atoms with Gasteiger partial charge in [0, 0.05) is 18.0 Å². The Morgan fingerprint density at radius 2 is 1.82 bits per heavy atom. The topological polar surface area (TPSA) is 37.5 Å². The molecule has 0 unspecified atom stereocenters. The highest BCUT2D eigenvalue weighted by Crippen LogP contribution is 2.18. The van der Waals surface area contributed by atoms with E-state index in [2.05, 4.69) is 4.98 Å². The molecule has 0 saturated carbocycles. The summed E-state index contributed by atoms with van der Waals surface area (Å²) >= 11 is 0. The molecule has 0 aliphatic carbocycles. The van der Waals surface area contributed by atoms with Gasteiger partial charge in [0.25, 0.3) is 0 Å². The fourth-order valence-electron chi connectivity index (χ4n) is 1.86. The fraction of sp³-hybridized carbons (Fsp3) is 0.0714. The van der Waals surface area contributed by atoms with Gasteiger partial charge in [0.2, 0.25) is 0 Å². The van der Waals surface area contributed by atoms with E-state index in [1.165, 1.54) is 0 Å². The second kappa shape index (κ2) is 4.03. The first kappa shape index (κ1) is 10.1. The Morgan fingerprint density at radius 3 is 2.59 bits per heavy atom. The lowest BCUT2D eigenvalue weighted by Gasteiger charge is -2.03. The summed E-state index contributed by atoms with van der Waals surface area (Å²) in [6.45, 7) is 0.0748. The summed E-state index contributed by atoms with van der Waals surface area (Å²) in [5.74, 6) is 0. The molecule has 3 heteroatoms. The van der Waals surface area contributed by atoms with Crippen molar-refractivity contribution in [1.29, 1.82) is 0 Å². The summed E-state index contributed by atoms with van der Waals surface area (Å²) in [4.78, 5) is 4.56. The molecule has 0 atom stereocenters. The van der Waals surface area contributed by atoms with Crippen LogP contribution in [0, 0.1) is 0 Å². The second-order valence-corrected chi connectivity index (χ2v) is 3.94.